The molecule has 4 N–H and O–H groups in total. The second-order valence-electron chi connectivity index (χ2n) is 13.2. The quantitative estimate of drug-likeness (QED) is 0.371. The molecule has 4 aliphatic rings. The van der Waals surface area contributed by atoms with Crippen LogP contribution in [0.2, 0.25) is 0 Å². The van der Waals surface area contributed by atoms with Gasteiger partial charge in [0.2, 0.25) is 0 Å². The van der Waals surface area contributed by atoms with Gasteiger partial charge in [-0.1, -0.05) is 27.7 Å². The average Bonchev–Trinajstić information content (AvgIpc) is 3.41. The van der Waals surface area contributed by atoms with Crippen LogP contribution in [0, 0.1) is 22.7 Å². The SMILES string of the molecule is CC(=O)OC1C(O)CC2(C)C(CCC(C)C23Cc2c(O)cc4c(c2O3)CN(C(CCC(=O)O)C(=O)O)C4=O)C1(C)C. The summed E-state index contributed by atoms with van der Waals surface area (Å²) in [6, 6.07) is 0.0146. The molecule has 7 unspecified atom stereocenters. The van der Waals surface area contributed by atoms with E-state index in [-0.39, 0.29) is 36.1 Å². The number of benzene rings is 1. The van der Waals surface area contributed by atoms with Crippen molar-refractivity contribution in [3.8, 4) is 11.5 Å². The molecule has 1 aromatic carbocycles. The Morgan fingerprint density at radius 2 is 1.85 bits per heavy atom. The van der Waals surface area contributed by atoms with Crippen LogP contribution < -0.4 is 4.74 Å². The van der Waals surface area contributed by atoms with Crippen LogP contribution in [-0.2, 0) is 32.1 Å². The van der Waals surface area contributed by atoms with Gasteiger partial charge in [-0.25, -0.2) is 4.79 Å². The number of rotatable bonds is 6. The number of carboxylic acid groups (broad SMARTS) is 2. The van der Waals surface area contributed by atoms with Crippen molar-refractivity contribution in [1.29, 1.82) is 0 Å². The topological polar surface area (TPSA) is 171 Å². The number of carboxylic acids is 2. The van der Waals surface area contributed by atoms with Gasteiger partial charge in [0.15, 0.2) is 0 Å². The Hall–Kier alpha value is -3.34. The van der Waals surface area contributed by atoms with Gasteiger partial charge in [-0.15, -0.1) is 0 Å². The highest BCUT2D eigenvalue weighted by Gasteiger charge is 2.69. The smallest absolute Gasteiger partial charge is 0.326 e. The first-order valence-corrected chi connectivity index (χ1v) is 14.2. The minimum absolute atomic E-state index is 0.00556. The number of aliphatic carboxylic acids is 2. The summed E-state index contributed by atoms with van der Waals surface area (Å²) in [7, 11) is 0. The van der Waals surface area contributed by atoms with Gasteiger partial charge in [0.25, 0.3) is 5.91 Å². The molecule has 2 fully saturated rings. The van der Waals surface area contributed by atoms with Gasteiger partial charge in [0.1, 0.15) is 29.2 Å². The first-order valence-electron chi connectivity index (χ1n) is 14.2. The number of hydrogen-bond donors (Lipinski definition) is 4. The Bertz CT molecular complexity index is 1320. The molecule has 2 heterocycles. The summed E-state index contributed by atoms with van der Waals surface area (Å²) in [5.74, 6) is -3.26. The summed E-state index contributed by atoms with van der Waals surface area (Å²) >= 11 is 0. The van der Waals surface area contributed by atoms with Crippen molar-refractivity contribution >= 4 is 23.8 Å². The van der Waals surface area contributed by atoms with Gasteiger partial charge in [0, 0.05) is 41.7 Å². The molecule has 1 spiro atoms. The molecule has 7 atom stereocenters. The molecule has 2 saturated carbocycles. The van der Waals surface area contributed by atoms with Crippen molar-refractivity contribution in [2.45, 2.75) is 104 Å². The molecule has 0 saturated heterocycles. The number of hydrogen-bond acceptors (Lipinski definition) is 8. The predicted octanol–water partition coefficient (Wildman–Crippen LogP) is 3.11. The first kappa shape index (κ1) is 29.2. The van der Waals surface area contributed by atoms with E-state index in [1.54, 1.807) is 0 Å². The summed E-state index contributed by atoms with van der Waals surface area (Å²) in [6.07, 6.45) is -0.0166. The van der Waals surface area contributed by atoms with Gasteiger partial charge in [-0.2, -0.15) is 0 Å². The molecule has 5 rings (SSSR count). The molecule has 11 heteroatoms. The zero-order chi connectivity index (χ0) is 30.2. The fraction of sp³-hybridized carbons (Fsp3) is 0.667. The van der Waals surface area contributed by atoms with Gasteiger partial charge < -0.3 is 34.8 Å². The number of carbonyl (C=O) groups excluding carboxylic acids is 2. The molecule has 11 nitrogen and oxygen atoms in total. The molecule has 1 aromatic rings. The summed E-state index contributed by atoms with van der Waals surface area (Å²) < 4.78 is 12.6. The lowest BCUT2D eigenvalue weighted by atomic mass is 9.43. The first-order chi connectivity index (χ1) is 19.0. The third kappa shape index (κ3) is 4.18. The van der Waals surface area contributed by atoms with Gasteiger partial charge in [0.05, 0.1) is 18.2 Å². The number of carbonyl (C=O) groups is 4. The maximum Gasteiger partial charge on any atom is 0.326 e. The summed E-state index contributed by atoms with van der Waals surface area (Å²) in [5.41, 5.74) is -0.874. The molecule has 2 aliphatic heterocycles. The van der Waals surface area contributed by atoms with E-state index in [4.69, 9.17) is 14.6 Å². The standard InChI is InChI=1S/C30H39NO10/c1-14-6-8-22-28(3,4)25(40-15(2)32)21(34)12-29(22,5)30(14)11-17-20(33)10-16-18(24(17)41-30)13-31(26(16)37)19(27(38)39)7-9-23(35)36/h10,14,19,21-22,25,33-34H,6-9,11-13H2,1-5H3,(H,35,36)(H,38,39). The van der Waals surface area contributed by atoms with Crippen molar-refractivity contribution in [1.82, 2.24) is 4.90 Å². The highest BCUT2D eigenvalue weighted by molar-refractivity contribution is 6.02. The number of fused-ring (bicyclic) bond motifs is 5. The number of nitrogens with zero attached hydrogens (tertiary/aromatic N) is 1. The zero-order valence-electron chi connectivity index (χ0n) is 24.1. The molecule has 0 radical (unpaired) electrons. The van der Waals surface area contributed by atoms with Crippen LogP contribution in [0.1, 0.15) is 88.2 Å². The van der Waals surface area contributed by atoms with E-state index in [9.17, 15) is 34.5 Å². The molecule has 41 heavy (non-hydrogen) atoms. The van der Waals surface area contributed by atoms with Crippen molar-refractivity contribution in [3.63, 3.8) is 0 Å². The fourth-order valence-electron chi connectivity index (χ4n) is 8.75. The number of aliphatic hydroxyl groups excluding tert-OH is 1. The van der Waals surface area contributed by atoms with Crippen molar-refractivity contribution in [3.05, 3.63) is 22.8 Å². The second-order valence-corrected chi connectivity index (χ2v) is 13.2. The van der Waals surface area contributed by atoms with Crippen molar-refractivity contribution in [2.75, 3.05) is 0 Å². The normalized spacial score (nSPS) is 33.9. The number of phenols is 1. The number of amides is 1. The number of ether oxygens (including phenoxy) is 2. The Morgan fingerprint density at radius 1 is 1.17 bits per heavy atom. The minimum Gasteiger partial charge on any atom is -0.508 e. The number of aromatic hydroxyl groups is 1. The number of aliphatic hydroxyl groups is 1. The van der Waals surface area contributed by atoms with E-state index in [0.717, 1.165) is 17.7 Å². The van der Waals surface area contributed by atoms with Crippen LogP contribution in [0.25, 0.3) is 0 Å². The number of esters is 1. The van der Waals surface area contributed by atoms with Crippen LogP contribution in [-0.4, -0.2) is 73.0 Å². The van der Waals surface area contributed by atoms with Crippen LogP contribution in [0.4, 0.5) is 0 Å². The Balaban J connectivity index is 1.55. The van der Waals surface area contributed by atoms with E-state index >= 15 is 0 Å². The average molecular weight is 574 g/mol. The van der Waals surface area contributed by atoms with E-state index < -0.39 is 64.9 Å². The van der Waals surface area contributed by atoms with E-state index in [2.05, 4.69) is 13.8 Å². The van der Waals surface area contributed by atoms with Gasteiger partial charge in [-0.05, 0) is 43.6 Å². The molecular weight excluding hydrogens is 534 g/mol. The maximum atomic E-state index is 13.4. The Labute approximate surface area is 238 Å². The molecule has 2 aliphatic carbocycles. The monoisotopic (exact) mass is 573 g/mol. The fourth-order valence-corrected chi connectivity index (χ4v) is 8.75. The lowest BCUT2D eigenvalue weighted by molar-refractivity contribution is -0.246. The highest BCUT2D eigenvalue weighted by Crippen LogP contribution is 2.67. The second kappa shape index (κ2) is 9.61. The highest BCUT2D eigenvalue weighted by atomic mass is 16.6. The van der Waals surface area contributed by atoms with Crippen LogP contribution in [0.15, 0.2) is 6.07 Å². The largest absolute Gasteiger partial charge is 0.508 e. The van der Waals surface area contributed by atoms with Gasteiger partial charge in [-0.3, -0.25) is 14.4 Å². The van der Waals surface area contributed by atoms with Gasteiger partial charge >= 0.3 is 17.9 Å². The molecule has 224 valence electrons. The predicted molar refractivity (Wildman–Crippen MR) is 143 cm³/mol. The lowest BCUT2D eigenvalue weighted by Gasteiger charge is -2.65. The van der Waals surface area contributed by atoms with Crippen LogP contribution >= 0.6 is 0 Å². The third-order valence-electron chi connectivity index (χ3n) is 10.6. The molecule has 1 amide bonds. The van der Waals surface area contributed by atoms with E-state index in [0.29, 0.717) is 29.7 Å². The summed E-state index contributed by atoms with van der Waals surface area (Å²) in [6.45, 7) is 9.45. The van der Waals surface area contributed by atoms with Crippen LogP contribution in [0.3, 0.4) is 0 Å². The Kier molecular flexibility index (Phi) is 6.83. The molecule has 0 bridgehead atoms. The lowest BCUT2D eigenvalue weighted by Crippen LogP contribution is -2.69. The molecule has 0 aromatic heterocycles. The van der Waals surface area contributed by atoms with E-state index in [1.807, 2.05) is 13.8 Å². The summed E-state index contributed by atoms with van der Waals surface area (Å²) in [4.78, 5) is 49.6. The number of phenolic OH excluding ortho intramolecular Hbond substituents is 1. The minimum atomic E-state index is -1.35. The maximum absolute atomic E-state index is 13.4. The van der Waals surface area contributed by atoms with Crippen molar-refractivity contribution < 1.29 is 49.1 Å². The molecular formula is C30H39NO10. The van der Waals surface area contributed by atoms with E-state index in [1.165, 1.54) is 13.0 Å². The Morgan fingerprint density at radius 3 is 2.46 bits per heavy atom. The zero-order valence-corrected chi connectivity index (χ0v) is 24.1. The summed E-state index contributed by atoms with van der Waals surface area (Å²) in [5, 5.41) is 41.4. The van der Waals surface area contributed by atoms with Crippen LogP contribution in [0.5, 0.6) is 11.5 Å². The van der Waals surface area contributed by atoms with Crippen molar-refractivity contribution in [2.24, 2.45) is 22.7 Å². The third-order valence-corrected chi connectivity index (χ3v) is 10.6.